The van der Waals surface area contributed by atoms with Gasteiger partial charge in [0.2, 0.25) is 10.0 Å². The van der Waals surface area contributed by atoms with Crippen molar-refractivity contribution in [2.75, 3.05) is 18.8 Å². The van der Waals surface area contributed by atoms with Crippen LogP contribution in [0.3, 0.4) is 0 Å². The van der Waals surface area contributed by atoms with Crippen molar-refractivity contribution >= 4 is 31.2 Å². The van der Waals surface area contributed by atoms with E-state index >= 15 is 0 Å². The molecular weight excluding hydrogens is 414 g/mol. The number of benzene rings is 1. The minimum absolute atomic E-state index is 0.207. The van der Waals surface area contributed by atoms with E-state index in [1.807, 2.05) is 19.9 Å². The highest BCUT2D eigenvalue weighted by molar-refractivity contribution is 7.89. The van der Waals surface area contributed by atoms with Crippen molar-refractivity contribution in [3.8, 4) is 0 Å². The number of aromatic amines is 1. The van der Waals surface area contributed by atoms with Crippen molar-refractivity contribution in [2.24, 2.45) is 0 Å². The van der Waals surface area contributed by atoms with Crippen LogP contribution in [0.15, 0.2) is 17.0 Å². The molecule has 0 radical (unpaired) electrons. The molecule has 0 unspecified atom stereocenters. The van der Waals surface area contributed by atoms with Crippen molar-refractivity contribution < 1.29 is 26.0 Å². The molecule has 162 valence electrons. The number of H-pyrrole nitrogens is 1. The van der Waals surface area contributed by atoms with Gasteiger partial charge in [-0.25, -0.2) is 26.4 Å². The fourth-order valence-corrected chi connectivity index (χ4v) is 6.46. The molecule has 1 fully saturated rings. The van der Waals surface area contributed by atoms with E-state index in [9.17, 15) is 21.4 Å². The van der Waals surface area contributed by atoms with E-state index in [2.05, 4.69) is 9.55 Å². The van der Waals surface area contributed by atoms with Gasteiger partial charge >= 0.3 is 0 Å². The lowest BCUT2D eigenvalue weighted by atomic mass is 10.1. The first-order valence-corrected chi connectivity index (χ1v) is 13.1. The summed E-state index contributed by atoms with van der Waals surface area (Å²) in [5.41, 5.74) is 2.37. The first kappa shape index (κ1) is 22.2. The van der Waals surface area contributed by atoms with E-state index in [1.54, 1.807) is 10.4 Å². The second-order valence-electron chi connectivity index (χ2n) is 7.57. The predicted octanol–water partition coefficient (Wildman–Crippen LogP) is 1.83. The SMILES string of the molecule is CC[n+]1c(C)[nH]c2c(CCCCS(=O)(=O)[O-])c(S(=O)(=O)N3CCCCC3)ccc21. The van der Waals surface area contributed by atoms with Crippen LogP contribution >= 0.6 is 0 Å². The normalized spacial score (nSPS) is 16.5. The Kier molecular flexibility index (Phi) is 6.67. The number of aromatic nitrogens is 2. The Labute approximate surface area is 172 Å². The lowest BCUT2D eigenvalue weighted by Crippen LogP contribution is -2.36. The lowest BCUT2D eigenvalue weighted by molar-refractivity contribution is -0.673. The Balaban J connectivity index is 2.03. The number of fused-ring (bicyclic) bond motifs is 1. The molecular formula is C19H29N3O5S2. The summed E-state index contributed by atoms with van der Waals surface area (Å²) in [6, 6.07) is 3.51. The maximum absolute atomic E-state index is 13.4. The molecule has 1 saturated heterocycles. The second kappa shape index (κ2) is 8.71. The molecule has 29 heavy (non-hydrogen) atoms. The van der Waals surface area contributed by atoms with Crippen LogP contribution in [0.1, 0.15) is 50.4 Å². The largest absolute Gasteiger partial charge is 0.748 e. The number of nitrogens with zero attached hydrogens (tertiary/aromatic N) is 2. The molecule has 0 amide bonds. The van der Waals surface area contributed by atoms with Gasteiger partial charge in [0.15, 0.2) is 11.0 Å². The van der Waals surface area contributed by atoms with Crippen molar-refractivity contribution in [1.29, 1.82) is 0 Å². The number of aryl methyl sites for hydroxylation is 3. The molecule has 0 saturated carbocycles. The van der Waals surface area contributed by atoms with E-state index in [4.69, 9.17) is 0 Å². The maximum atomic E-state index is 13.4. The number of nitrogens with one attached hydrogen (secondary N) is 1. The van der Waals surface area contributed by atoms with Gasteiger partial charge < -0.3 is 4.55 Å². The minimum Gasteiger partial charge on any atom is -0.748 e. The maximum Gasteiger partial charge on any atom is 0.251 e. The summed E-state index contributed by atoms with van der Waals surface area (Å²) in [4.78, 5) is 3.60. The molecule has 0 atom stereocenters. The number of rotatable bonds is 8. The molecule has 1 aromatic carbocycles. The van der Waals surface area contributed by atoms with E-state index < -0.39 is 25.9 Å². The van der Waals surface area contributed by atoms with E-state index in [-0.39, 0.29) is 11.3 Å². The van der Waals surface area contributed by atoms with Crippen molar-refractivity contribution in [3.63, 3.8) is 0 Å². The summed E-state index contributed by atoms with van der Waals surface area (Å²) < 4.78 is 63.1. The summed E-state index contributed by atoms with van der Waals surface area (Å²) in [5, 5.41) is 0. The zero-order valence-corrected chi connectivity index (χ0v) is 18.6. The van der Waals surface area contributed by atoms with Crippen LogP contribution in [0, 0.1) is 6.92 Å². The smallest absolute Gasteiger partial charge is 0.251 e. The molecule has 1 aromatic heterocycles. The molecule has 2 heterocycles. The molecule has 10 heteroatoms. The third-order valence-corrected chi connectivity index (χ3v) is 8.34. The number of hydrogen-bond acceptors (Lipinski definition) is 5. The molecule has 0 spiro atoms. The summed E-state index contributed by atoms with van der Waals surface area (Å²) in [6.07, 6.45) is 3.77. The third kappa shape index (κ3) is 4.82. The monoisotopic (exact) mass is 443 g/mol. The Bertz CT molecular complexity index is 1080. The number of piperidine rings is 1. The molecule has 0 bridgehead atoms. The van der Waals surface area contributed by atoms with E-state index in [1.165, 1.54) is 0 Å². The summed E-state index contributed by atoms with van der Waals surface area (Å²) in [6.45, 7) is 5.76. The summed E-state index contributed by atoms with van der Waals surface area (Å²) >= 11 is 0. The standard InChI is InChI=1S/C19H29N3O5S2/c1-3-22-15(2)20-19-16(9-5-8-14-28(23,24)25)18(11-10-17(19)22)29(26,27)21-12-6-4-7-13-21/h10-11H,3-9,12-14H2,1-2H3,(H,23,24,25). The molecule has 2 aromatic rings. The van der Waals surface area contributed by atoms with Crippen LogP contribution in [0.25, 0.3) is 11.0 Å². The zero-order valence-electron chi connectivity index (χ0n) is 17.0. The Hall–Kier alpha value is -1.49. The number of hydrogen-bond donors (Lipinski definition) is 1. The van der Waals surface area contributed by atoms with E-state index in [0.717, 1.165) is 42.7 Å². The molecule has 1 aliphatic heterocycles. The lowest BCUT2D eigenvalue weighted by Gasteiger charge is -2.26. The zero-order chi connectivity index (χ0) is 21.2. The molecule has 0 aliphatic carbocycles. The Morgan fingerprint density at radius 2 is 1.79 bits per heavy atom. The number of sulfonamides is 1. The fraction of sp³-hybridized carbons (Fsp3) is 0.632. The van der Waals surface area contributed by atoms with Gasteiger partial charge in [0.25, 0.3) is 5.82 Å². The van der Waals surface area contributed by atoms with Gasteiger partial charge in [-0.2, -0.15) is 4.31 Å². The van der Waals surface area contributed by atoms with Crippen LogP contribution in [-0.4, -0.2) is 49.5 Å². The molecule has 8 nitrogen and oxygen atoms in total. The summed E-state index contributed by atoms with van der Waals surface area (Å²) in [5.74, 6) is 0.494. The Morgan fingerprint density at radius 3 is 2.41 bits per heavy atom. The van der Waals surface area contributed by atoms with E-state index in [0.29, 0.717) is 31.5 Å². The first-order valence-electron chi connectivity index (χ1n) is 10.1. The van der Waals surface area contributed by atoms with Gasteiger partial charge in [-0.3, -0.25) is 0 Å². The van der Waals surface area contributed by atoms with Crippen molar-refractivity contribution in [3.05, 3.63) is 23.5 Å². The highest BCUT2D eigenvalue weighted by Crippen LogP contribution is 2.29. The average molecular weight is 444 g/mol. The van der Waals surface area contributed by atoms with Gasteiger partial charge in [-0.15, -0.1) is 0 Å². The number of imidazole rings is 1. The molecule has 1 aliphatic rings. The topological polar surface area (TPSA) is 114 Å². The third-order valence-electron chi connectivity index (χ3n) is 5.57. The van der Waals surface area contributed by atoms with Crippen LogP contribution in [0.2, 0.25) is 0 Å². The highest BCUT2D eigenvalue weighted by atomic mass is 32.2. The molecule has 1 N–H and O–H groups in total. The number of unbranched alkanes of at least 4 members (excludes halogenated alkanes) is 1. The van der Waals surface area contributed by atoms with Gasteiger partial charge in [0.05, 0.1) is 21.6 Å². The summed E-state index contributed by atoms with van der Waals surface area (Å²) in [7, 11) is -7.91. The Morgan fingerprint density at radius 1 is 1.10 bits per heavy atom. The average Bonchev–Trinajstić information content (AvgIpc) is 3.00. The van der Waals surface area contributed by atoms with Crippen LogP contribution in [0.4, 0.5) is 0 Å². The fourth-order valence-electron chi connectivity index (χ4n) is 4.13. The van der Waals surface area contributed by atoms with Crippen molar-refractivity contribution in [1.82, 2.24) is 9.29 Å². The van der Waals surface area contributed by atoms with Gasteiger partial charge in [0.1, 0.15) is 0 Å². The minimum atomic E-state index is -4.27. The second-order valence-corrected chi connectivity index (χ2v) is 11.0. The predicted molar refractivity (Wildman–Crippen MR) is 109 cm³/mol. The first-order chi connectivity index (χ1) is 13.6. The van der Waals surface area contributed by atoms with Gasteiger partial charge in [-0.1, -0.05) is 6.42 Å². The quantitative estimate of drug-likeness (QED) is 0.380. The molecule has 3 rings (SSSR count). The van der Waals surface area contributed by atoms with Gasteiger partial charge in [-0.05, 0) is 51.2 Å². The van der Waals surface area contributed by atoms with Crippen LogP contribution in [-0.2, 0) is 33.1 Å². The van der Waals surface area contributed by atoms with Crippen LogP contribution in [0.5, 0.6) is 0 Å². The van der Waals surface area contributed by atoms with Gasteiger partial charge in [0, 0.05) is 31.3 Å². The highest BCUT2D eigenvalue weighted by Gasteiger charge is 2.31. The van der Waals surface area contributed by atoms with Crippen LogP contribution < -0.4 is 4.57 Å². The van der Waals surface area contributed by atoms with Crippen molar-refractivity contribution in [2.45, 2.75) is 63.8 Å².